The molecule has 136 valence electrons. The molecule has 2 aromatic carbocycles. The third-order valence-electron chi connectivity index (χ3n) is 4.59. The van der Waals surface area contributed by atoms with Crippen molar-refractivity contribution in [3.05, 3.63) is 82.8 Å². The molecule has 27 heavy (non-hydrogen) atoms. The van der Waals surface area contributed by atoms with Gasteiger partial charge in [-0.1, -0.05) is 48.5 Å². The maximum absolute atomic E-state index is 12.5. The number of hydrogen-bond donors (Lipinski definition) is 1. The highest BCUT2D eigenvalue weighted by atomic mass is 16.1. The van der Waals surface area contributed by atoms with E-state index in [2.05, 4.69) is 39.3 Å². The zero-order chi connectivity index (χ0) is 18.6. The van der Waals surface area contributed by atoms with Crippen LogP contribution in [0, 0.1) is 0 Å². The summed E-state index contributed by atoms with van der Waals surface area (Å²) < 4.78 is 1.70. The molecule has 4 rings (SSSR count). The topological polar surface area (TPSA) is 66.8 Å². The molecular formula is C21H21N5O. The summed E-state index contributed by atoms with van der Waals surface area (Å²) in [6.07, 6.45) is 3.52. The quantitative estimate of drug-likeness (QED) is 0.574. The van der Waals surface area contributed by atoms with Crippen LogP contribution in [0.15, 0.2) is 71.7 Å². The third kappa shape index (κ3) is 3.60. The number of fused-ring (bicyclic) bond motifs is 1. The molecule has 0 spiro atoms. The van der Waals surface area contributed by atoms with Crippen LogP contribution in [0.2, 0.25) is 0 Å². The smallest absolute Gasteiger partial charge is 0.263 e. The predicted molar refractivity (Wildman–Crippen MR) is 108 cm³/mol. The van der Waals surface area contributed by atoms with E-state index in [1.807, 2.05) is 48.3 Å². The standard InChI is InChI=1S/C21H21N5O/c1-25(14-8-11-16-9-4-2-5-10-16)21-23-19-18(20(27)24-21)15-22-26(19)17-12-6-3-7-13-17/h2-7,9-10,12-13,15H,8,11,14H2,1H3,(H,23,24,27). The molecule has 0 aliphatic heterocycles. The first-order chi connectivity index (χ1) is 13.2. The Labute approximate surface area is 157 Å². The molecule has 0 amide bonds. The van der Waals surface area contributed by atoms with Crippen molar-refractivity contribution in [2.75, 3.05) is 18.5 Å². The molecule has 1 N–H and O–H groups in total. The minimum Gasteiger partial charge on any atom is -0.345 e. The number of hydrogen-bond acceptors (Lipinski definition) is 4. The number of rotatable bonds is 6. The average molecular weight is 359 g/mol. The number of aromatic nitrogens is 4. The van der Waals surface area contributed by atoms with Gasteiger partial charge in [0.05, 0.1) is 11.9 Å². The van der Waals surface area contributed by atoms with Crippen LogP contribution in [0.3, 0.4) is 0 Å². The lowest BCUT2D eigenvalue weighted by atomic mass is 10.1. The molecular weight excluding hydrogens is 338 g/mol. The van der Waals surface area contributed by atoms with E-state index in [9.17, 15) is 4.79 Å². The van der Waals surface area contributed by atoms with Gasteiger partial charge in [0.2, 0.25) is 5.95 Å². The number of nitrogens with one attached hydrogen (secondary N) is 1. The molecule has 0 atom stereocenters. The molecule has 4 aromatic rings. The van der Waals surface area contributed by atoms with Crippen LogP contribution in [0.4, 0.5) is 5.95 Å². The fourth-order valence-electron chi connectivity index (χ4n) is 3.12. The molecule has 0 saturated carbocycles. The highest BCUT2D eigenvalue weighted by Gasteiger charge is 2.13. The number of anilines is 1. The lowest BCUT2D eigenvalue weighted by Crippen LogP contribution is -2.24. The van der Waals surface area contributed by atoms with E-state index in [4.69, 9.17) is 0 Å². The van der Waals surface area contributed by atoms with Gasteiger partial charge >= 0.3 is 0 Å². The van der Waals surface area contributed by atoms with Crippen molar-refractivity contribution in [3.8, 4) is 5.69 Å². The van der Waals surface area contributed by atoms with Gasteiger partial charge < -0.3 is 4.90 Å². The van der Waals surface area contributed by atoms with Gasteiger partial charge in [0.25, 0.3) is 5.56 Å². The van der Waals surface area contributed by atoms with Crippen LogP contribution in [0.1, 0.15) is 12.0 Å². The van der Waals surface area contributed by atoms with Crippen molar-refractivity contribution >= 4 is 17.0 Å². The average Bonchev–Trinajstić information content (AvgIpc) is 3.14. The normalized spacial score (nSPS) is 11.0. The van der Waals surface area contributed by atoms with E-state index in [0.717, 1.165) is 25.1 Å². The summed E-state index contributed by atoms with van der Waals surface area (Å²) in [6, 6.07) is 20.1. The highest BCUT2D eigenvalue weighted by molar-refractivity contribution is 5.76. The SMILES string of the molecule is CN(CCCc1ccccc1)c1nc2c(cnn2-c2ccccc2)c(=O)[nH]1. The molecule has 2 heterocycles. The summed E-state index contributed by atoms with van der Waals surface area (Å²) in [6.45, 7) is 0.794. The summed E-state index contributed by atoms with van der Waals surface area (Å²) in [5, 5.41) is 4.83. The van der Waals surface area contributed by atoms with E-state index in [1.54, 1.807) is 10.9 Å². The van der Waals surface area contributed by atoms with Crippen molar-refractivity contribution in [1.29, 1.82) is 0 Å². The largest absolute Gasteiger partial charge is 0.345 e. The zero-order valence-electron chi connectivity index (χ0n) is 15.2. The number of nitrogens with zero attached hydrogens (tertiary/aromatic N) is 4. The second-order valence-corrected chi connectivity index (χ2v) is 6.53. The van der Waals surface area contributed by atoms with E-state index in [1.165, 1.54) is 5.56 Å². The number of aryl methyl sites for hydroxylation is 1. The Morgan fingerprint density at radius 3 is 2.48 bits per heavy atom. The van der Waals surface area contributed by atoms with E-state index < -0.39 is 0 Å². The van der Waals surface area contributed by atoms with Gasteiger partial charge in [-0.25, -0.2) is 4.68 Å². The number of para-hydroxylation sites is 1. The Balaban J connectivity index is 1.57. The Bertz CT molecular complexity index is 1090. The molecule has 6 nitrogen and oxygen atoms in total. The van der Waals surface area contributed by atoms with Gasteiger partial charge in [-0.15, -0.1) is 0 Å². The Kier molecular flexibility index (Phi) is 4.70. The first-order valence-electron chi connectivity index (χ1n) is 9.01. The lowest BCUT2D eigenvalue weighted by Gasteiger charge is -2.17. The number of H-pyrrole nitrogens is 1. The van der Waals surface area contributed by atoms with E-state index in [0.29, 0.717) is 17.0 Å². The van der Waals surface area contributed by atoms with E-state index in [-0.39, 0.29) is 5.56 Å². The summed E-state index contributed by atoms with van der Waals surface area (Å²) in [5.41, 5.74) is 2.58. The molecule has 0 aliphatic rings. The van der Waals surface area contributed by atoms with Crippen LogP contribution in [-0.2, 0) is 6.42 Å². The molecule has 6 heteroatoms. The Morgan fingerprint density at radius 2 is 1.74 bits per heavy atom. The molecule has 0 saturated heterocycles. The maximum atomic E-state index is 12.5. The molecule has 0 bridgehead atoms. The monoisotopic (exact) mass is 359 g/mol. The first kappa shape index (κ1) is 17.0. The molecule has 2 aromatic heterocycles. The molecule has 0 aliphatic carbocycles. The van der Waals surface area contributed by atoms with Gasteiger partial charge in [-0.05, 0) is 30.5 Å². The van der Waals surface area contributed by atoms with Crippen LogP contribution in [-0.4, -0.2) is 33.3 Å². The minimum atomic E-state index is -0.174. The van der Waals surface area contributed by atoms with E-state index >= 15 is 0 Å². The zero-order valence-corrected chi connectivity index (χ0v) is 15.2. The number of aromatic amines is 1. The van der Waals surface area contributed by atoms with Crippen LogP contribution in [0.5, 0.6) is 0 Å². The summed E-state index contributed by atoms with van der Waals surface area (Å²) >= 11 is 0. The van der Waals surface area contributed by atoms with Crippen LogP contribution in [0.25, 0.3) is 16.7 Å². The summed E-state index contributed by atoms with van der Waals surface area (Å²) in [4.78, 5) is 22.0. The van der Waals surface area contributed by atoms with Crippen molar-refractivity contribution in [2.24, 2.45) is 0 Å². The van der Waals surface area contributed by atoms with Gasteiger partial charge in [-0.2, -0.15) is 10.1 Å². The van der Waals surface area contributed by atoms with Gasteiger partial charge in [0, 0.05) is 13.6 Å². The minimum absolute atomic E-state index is 0.174. The van der Waals surface area contributed by atoms with Crippen molar-refractivity contribution in [3.63, 3.8) is 0 Å². The van der Waals surface area contributed by atoms with Crippen molar-refractivity contribution in [1.82, 2.24) is 19.7 Å². The molecule has 0 unspecified atom stereocenters. The third-order valence-corrected chi connectivity index (χ3v) is 4.59. The molecule has 0 radical (unpaired) electrons. The second kappa shape index (κ2) is 7.45. The predicted octanol–water partition coefficient (Wildman–Crippen LogP) is 3.18. The summed E-state index contributed by atoms with van der Waals surface area (Å²) in [7, 11) is 1.94. The van der Waals surface area contributed by atoms with Gasteiger partial charge in [0.15, 0.2) is 5.65 Å². The Hall–Kier alpha value is -3.41. The van der Waals surface area contributed by atoms with Crippen molar-refractivity contribution in [2.45, 2.75) is 12.8 Å². The van der Waals surface area contributed by atoms with Crippen LogP contribution < -0.4 is 10.5 Å². The Morgan fingerprint density at radius 1 is 1.04 bits per heavy atom. The van der Waals surface area contributed by atoms with Gasteiger partial charge in [0.1, 0.15) is 5.39 Å². The van der Waals surface area contributed by atoms with Gasteiger partial charge in [-0.3, -0.25) is 9.78 Å². The van der Waals surface area contributed by atoms with Crippen LogP contribution >= 0.6 is 0 Å². The summed E-state index contributed by atoms with van der Waals surface area (Å²) in [5.74, 6) is 0.554. The maximum Gasteiger partial charge on any atom is 0.263 e. The fourth-order valence-corrected chi connectivity index (χ4v) is 3.12. The molecule has 0 fully saturated rings. The fraction of sp³-hybridized carbons (Fsp3) is 0.190. The van der Waals surface area contributed by atoms with Crippen molar-refractivity contribution < 1.29 is 0 Å². The lowest BCUT2D eigenvalue weighted by molar-refractivity contribution is 0.764. The number of benzene rings is 2. The highest BCUT2D eigenvalue weighted by Crippen LogP contribution is 2.16. The first-order valence-corrected chi connectivity index (χ1v) is 9.01. The second-order valence-electron chi connectivity index (χ2n) is 6.53.